The number of nitrogens with one attached hydrogen (secondary N) is 2. The molecule has 0 amide bonds. The zero-order chi connectivity index (χ0) is 17.6. The molecule has 1 heterocycles. The maximum Gasteiger partial charge on any atom is 0.418 e. The summed E-state index contributed by atoms with van der Waals surface area (Å²) in [6, 6.07) is 0.444. The van der Waals surface area contributed by atoms with E-state index in [1.54, 1.807) is 0 Å². The summed E-state index contributed by atoms with van der Waals surface area (Å²) < 4.78 is 101. The Hall–Kier alpha value is -1.82. The van der Waals surface area contributed by atoms with Gasteiger partial charge in [-0.25, -0.2) is 18.1 Å². The largest absolute Gasteiger partial charge is 0.418 e. The van der Waals surface area contributed by atoms with Crippen LogP contribution in [0.5, 0.6) is 0 Å². The van der Waals surface area contributed by atoms with Gasteiger partial charge in [-0.1, -0.05) is 0 Å². The van der Waals surface area contributed by atoms with Gasteiger partial charge >= 0.3 is 12.4 Å². The maximum atomic E-state index is 12.9. The molecule has 0 unspecified atom stereocenters. The number of halogens is 6. The van der Waals surface area contributed by atoms with Gasteiger partial charge in [0.05, 0.1) is 35.0 Å². The van der Waals surface area contributed by atoms with Crippen molar-refractivity contribution in [1.29, 1.82) is 0 Å². The van der Waals surface area contributed by atoms with Crippen molar-refractivity contribution in [2.24, 2.45) is 0 Å². The standard InChI is InChI=1S/C11H9F6N3O2S/c1-23(21,22)18-4-8-19-7-3-5(10(12,13)14)2-6(9(7)20-8)11(15,16)17/h2-3,18H,4H2,1H3,(H,19,20). The van der Waals surface area contributed by atoms with Crippen LogP contribution >= 0.6 is 0 Å². The lowest BCUT2D eigenvalue weighted by molar-refractivity contribution is -0.142. The molecular weight excluding hydrogens is 352 g/mol. The van der Waals surface area contributed by atoms with Crippen molar-refractivity contribution >= 4 is 21.1 Å². The fraction of sp³-hybridized carbons (Fsp3) is 0.364. The lowest BCUT2D eigenvalue weighted by atomic mass is 10.1. The van der Waals surface area contributed by atoms with Crippen LogP contribution in [0.1, 0.15) is 17.0 Å². The van der Waals surface area contributed by atoms with Crippen LogP contribution in [0.4, 0.5) is 26.3 Å². The first-order valence-corrected chi connectivity index (χ1v) is 7.78. The third-order valence-electron chi connectivity index (χ3n) is 2.78. The fourth-order valence-electron chi connectivity index (χ4n) is 1.83. The number of nitrogens with zero attached hydrogens (tertiary/aromatic N) is 1. The van der Waals surface area contributed by atoms with Gasteiger partial charge in [0, 0.05) is 0 Å². The number of H-pyrrole nitrogens is 1. The van der Waals surface area contributed by atoms with Crippen molar-refractivity contribution in [1.82, 2.24) is 14.7 Å². The fourth-order valence-corrected chi connectivity index (χ4v) is 2.23. The van der Waals surface area contributed by atoms with E-state index in [0.717, 1.165) is 6.26 Å². The van der Waals surface area contributed by atoms with E-state index in [4.69, 9.17) is 0 Å². The predicted octanol–water partition coefficient (Wildman–Crippen LogP) is 2.65. The molecule has 0 aliphatic carbocycles. The summed E-state index contributed by atoms with van der Waals surface area (Å²) in [5.74, 6) is -0.241. The van der Waals surface area contributed by atoms with Crippen LogP contribution in [0.3, 0.4) is 0 Å². The first kappa shape index (κ1) is 17.5. The van der Waals surface area contributed by atoms with Crippen molar-refractivity contribution < 1.29 is 34.8 Å². The van der Waals surface area contributed by atoms with E-state index in [1.807, 2.05) is 4.72 Å². The van der Waals surface area contributed by atoms with E-state index in [2.05, 4.69) is 9.97 Å². The summed E-state index contributed by atoms with van der Waals surface area (Å²) in [7, 11) is -3.64. The Labute approximate surface area is 125 Å². The molecule has 1 aromatic carbocycles. The Bertz CT molecular complexity index is 838. The molecule has 0 atom stereocenters. The summed E-state index contributed by atoms with van der Waals surface area (Å²) in [6.07, 6.45) is -9.19. The smallest absolute Gasteiger partial charge is 0.340 e. The lowest BCUT2D eigenvalue weighted by Crippen LogP contribution is -2.21. The number of hydrogen-bond donors (Lipinski definition) is 2. The summed E-state index contributed by atoms with van der Waals surface area (Å²) in [5.41, 5.74) is -4.22. The number of sulfonamides is 1. The molecule has 12 heteroatoms. The molecule has 2 N–H and O–H groups in total. The van der Waals surface area contributed by atoms with Crippen LogP contribution in [0.15, 0.2) is 12.1 Å². The van der Waals surface area contributed by atoms with Crippen molar-refractivity contribution in [3.8, 4) is 0 Å². The maximum absolute atomic E-state index is 12.9. The Balaban J connectivity index is 2.59. The average molecular weight is 361 g/mol. The molecule has 0 saturated heterocycles. The zero-order valence-electron chi connectivity index (χ0n) is 11.3. The molecule has 0 radical (unpaired) electrons. The van der Waals surface area contributed by atoms with E-state index in [9.17, 15) is 34.8 Å². The number of alkyl halides is 6. The van der Waals surface area contributed by atoms with Gasteiger partial charge in [0.15, 0.2) is 0 Å². The van der Waals surface area contributed by atoms with E-state index in [0.29, 0.717) is 6.07 Å². The molecule has 0 bridgehead atoms. The van der Waals surface area contributed by atoms with E-state index >= 15 is 0 Å². The molecule has 0 saturated carbocycles. The number of hydrogen-bond acceptors (Lipinski definition) is 3. The van der Waals surface area contributed by atoms with Gasteiger partial charge in [-0.05, 0) is 12.1 Å². The second kappa shape index (κ2) is 5.37. The first-order chi connectivity index (χ1) is 10.3. The predicted molar refractivity (Wildman–Crippen MR) is 67.8 cm³/mol. The van der Waals surface area contributed by atoms with Crippen LogP contribution in [0, 0.1) is 0 Å². The third kappa shape index (κ3) is 4.13. The van der Waals surface area contributed by atoms with Gasteiger partial charge in [-0.2, -0.15) is 26.3 Å². The molecule has 2 rings (SSSR count). The highest BCUT2D eigenvalue weighted by Crippen LogP contribution is 2.39. The van der Waals surface area contributed by atoms with Crippen molar-refractivity contribution in [3.63, 3.8) is 0 Å². The van der Waals surface area contributed by atoms with Gasteiger partial charge < -0.3 is 4.98 Å². The number of imidazole rings is 1. The van der Waals surface area contributed by atoms with Gasteiger partial charge in [0.1, 0.15) is 5.82 Å². The van der Waals surface area contributed by atoms with Crippen molar-refractivity contribution in [2.75, 3.05) is 6.26 Å². The highest BCUT2D eigenvalue weighted by Gasteiger charge is 2.39. The van der Waals surface area contributed by atoms with Crippen molar-refractivity contribution in [3.05, 3.63) is 29.1 Å². The summed E-state index contributed by atoms with van der Waals surface area (Å²) in [6.45, 7) is -0.480. The average Bonchev–Trinajstić information content (AvgIpc) is 2.74. The first-order valence-electron chi connectivity index (χ1n) is 5.89. The minimum absolute atomic E-state index is 0.0196. The highest BCUT2D eigenvalue weighted by molar-refractivity contribution is 7.88. The van der Waals surface area contributed by atoms with Gasteiger partial charge in [-0.15, -0.1) is 0 Å². The molecule has 128 valence electrons. The normalized spacial score (nSPS) is 13.7. The van der Waals surface area contributed by atoms with E-state index < -0.39 is 51.1 Å². The van der Waals surface area contributed by atoms with Crippen LogP contribution in [0.2, 0.25) is 0 Å². The van der Waals surface area contributed by atoms with E-state index in [-0.39, 0.29) is 11.9 Å². The topological polar surface area (TPSA) is 74.8 Å². The van der Waals surface area contributed by atoms with Gasteiger partial charge in [-0.3, -0.25) is 0 Å². The number of rotatable bonds is 3. The van der Waals surface area contributed by atoms with Crippen molar-refractivity contribution in [2.45, 2.75) is 18.9 Å². The summed E-state index contributed by atoms with van der Waals surface area (Å²) in [5, 5.41) is 0. The minimum atomic E-state index is -5.03. The quantitative estimate of drug-likeness (QED) is 0.826. The second-order valence-electron chi connectivity index (χ2n) is 4.69. The zero-order valence-corrected chi connectivity index (χ0v) is 12.1. The number of aromatic nitrogens is 2. The molecule has 0 fully saturated rings. The summed E-state index contributed by atoms with van der Waals surface area (Å²) in [4.78, 5) is 5.78. The molecule has 2 aromatic rings. The Morgan fingerprint density at radius 3 is 2.22 bits per heavy atom. The number of fused-ring (bicyclic) bond motifs is 1. The number of aromatic amines is 1. The SMILES string of the molecule is CS(=O)(=O)NCc1nc2cc(C(F)(F)F)cc(C(F)(F)F)c2[nH]1. The third-order valence-corrected chi connectivity index (χ3v) is 3.45. The van der Waals surface area contributed by atoms with E-state index in [1.165, 1.54) is 0 Å². The molecular formula is C11H9F6N3O2S. The molecule has 0 aliphatic heterocycles. The molecule has 1 aromatic heterocycles. The Kier molecular flexibility index (Phi) is 4.09. The molecule has 5 nitrogen and oxygen atoms in total. The molecule has 23 heavy (non-hydrogen) atoms. The highest BCUT2D eigenvalue weighted by atomic mass is 32.2. The second-order valence-corrected chi connectivity index (χ2v) is 6.52. The van der Waals surface area contributed by atoms with Gasteiger partial charge in [0.25, 0.3) is 0 Å². The summed E-state index contributed by atoms with van der Waals surface area (Å²) >= 11 is 0. The van der Waals surface area contributed by atoms with Crippen LogP contribution in [-0.2, 0) is 28.9 Å². The van der Waals surface area contributed by atoms with Crippen LogP contribution in [0.25, 0.3) is 11.0 Å². The van der Waals surface area contributed by atoms with Gasteiger partial charge in [0.2, 0.25) is 10.0 Å². The van der Waals surface area contributed by atoms with Crippen LogP contribution < -0.4 is 4.72 Å². The number of benzene rings is 1. The Morgan fingerprint density at radius 2 is 1.74 bits per heavy atom. The minimum Gasteiger partial charge on any atom is -0.340 e. The molecule has 0 spiro atoms. The molecule has 0 aliphatic rings. The van der Waals surface area contributed by atoms with Crippen LogP contribution in [-0.4, -0.2) is 24.6 Å². The monoisotopic (exact) mass is 361 g/mol. The Morgan fingerprint density at radius 1 is 1.13 bits per heavy atom. The lowest BCUT2D eigenvalue weighted by Gasteiger charge is -2.12.